The summed E-state index contributed by atoms with van der Waals surface area (Å²) in [6.07, 6.45) is -3.57. The molecule has 1 atom stereocenters. The van der Waals surface area contributed by atoms with Gasteiger partial charge in [0.1, 0.15) is 0 Å². The zero-order valence-corrected chi connectivity index (χ0v) is 12.9. The fraction of sp³-hybridized carbons (Fsp3) is 0.467. The fourth-order valence-corrected chi connectivity index (χ4v) is 2.70. The van der Waals surface area contributed by atoms with E-state index in [1.54, 1.807) is 29.2 Å². The summed E-state index contributed by atoms with van der Waals surface area (Å²) in [5, 5.41) is 3.21. The van der Waals surface area contributed by atoms with Crippen LogP contribution in [0.25, 0.3) is 0 Å². The SMILES string of the molecule is CC(=O)c1ccc(NC(=S)N2CCC[C@H](C(F)(F)F)C2)cc1. The summed E-state index contributed by atoms with van der Waals surface area (Å²) in [6.45, 7) is 1.88. The summed E-state index contributed by atoms with van der Waals surface area (Å²) in [6, 6.07) is 6.69. The predicted molar refractivity (Wildman–Crippen MR) is 83.0 cm³/mol. The van der Waals surface area contributed by atoms with Crippen LogP contribution in [0.1, 0.15) is 30.1 Å². The topological polar surface area (TPSA) is 32.3 Å². The highest BCUT2D eigenvalue weighted by Crippen LogP contribution is 2.33. The second kappa shape index (κ2) is 6.64. The average molecular weight is 330 g/mol. The zero-order valence-electron chi connectivity index (χ0n) is 12.1. The van der Waals surface area contributed by atoms with E-state index in [9.17, 15) is 18.0 Å². The molecule has 3 nitrogen and oxygen atoms in total. The predicted octanol–water partition coefficient (Wildman–Crippen LogP) is 3.86. The summed E-state index contributed by atoms with van der Waals surface area (Å²) in [7, 11) is 0. The van der Waals surface area contributed by atoms with Gasteiger partial charge in [-0.25, -0.2) is 0 Å². The Morgan fingerprint density at radius 3 is 2.50 bits per heavy atom. The van der Waals surface area contributed by atoms with Gasteiger partial charge in [-0.2, -0.15) is 13.2 Å². The first-order valence-electron chi connectivity index (χ1n) is 7.01. The van der Waals surface area contributed by atoms with Crippen molar-refractivity contribution in [1.82, 2.24) is 4.90 Å². The highest BCUT2D eigenvalue weighted by Gasteiger charge is 2.42. The van der Waals surface area contributed by atoms with Crippen molar-refractivity contribution >= 4 is 28.8 Å². The van der Waals surface area contributed by atoms with Crippen molar-refractivity contribution in [2.45, 2.75) is 25.9 Å². The van der Waals surface area contributed by atoms with E-state index in [4.69, 9.17) is 12.2 Å². The maximum Gasteiger partial charge on any atom is 0.393 e. The van der Waals surface area contributed by atoms with Crippen LogP contribution in [0.15, 0.2) is 24.3 Å². The van der Waals surface area contributed by atoms with Crippen LogP contribution in [-0.4, -0.2) is 35.1 Å². The van der Waals surface area contributed by atoms with E-state index in [1.165, 1.54) is 6.92 Å². The van der Waals surface area contributed by atoms with Gasteiger partial charge in [0, 0.05) is 24.3 Å². The van der Waals surface area contributed by atoms with Gasteiger partial charge in [0.2, 0.25) is 0 Å². The lowest BCUT2D eigenvalue weighted by Crippen LogP contribution is -2.46. The van der Waals surface area contributed by atoms with E-state index in [-0.39, 0.29) is 23.9 Å². The Labute approximate surface area is 132 Å². The van der Waals surface area contributed by atoms with Crippen LogP contribution in [0.3, 0.4) is 0 Å². The zero-order chi connectivity index (χ0) is 16.3. The molecule has 0 spiro atoms. The summed E-state index contributed by atoms with van der Waals surface area (Å²) in [4.78, 5) is 12.7. The lowest BCUT2D eigenvalue weighted by Gasteiger charge is -2.35. The number of carbonyl (C=O) groups is 1. The molecule has 1 aliphatic heterocycles. The van der Waals surface area contributed by atoms with Gasteiger partial charge in [-0.3, -0.25) is 4.79 Å². The number of carbonyl (C=O) groups excluding carboxylic acids is 1. The molecule has 1 aromatic rings. The molecule has 0 aromatic heterocycles. The van der Waals surface area contributed by atoms with Gasteiger partial charge in [0.05, 0.1) is 5.92 Å². The summed E-state index contributed by atoms with van der Waals surface area (Å²) < 4.78 is 38.4. The Kier molecular flexibility index (Phi) is 5.05. The molecule has 1 aliphatic rings. The minimum Gasteiger partial charge on any atom is -0.348 e. The van der Waals surface area contributed by atoms with E-state index < -0.39 is 12.1 Å². The highest BCUT2D eigenvalue weighted by atomic mass is 32.1. The number of ketones is 1. The minimum atomic E-state index is -4.18. The van der Waals surface area contributed by atoms with Gasteiger partial charge in [-0.05, 0) is 56.2 Å². The first kappa shape index (κ1) is 16.7. The number of Topliss-reactive ketones (excluding diaryl/α,β-unsaturated/α-hetero) is 1. The maximum atomic E-state index is 12.8. The van der Waals surface area contributed by atoms with Crippen molar-refractivity contribution in [1.29, 1.82) is 0 Å². The first-order valence-corrected chi connectivity index (χ1v) is 7.42. The van der Waals surface area contributed by atoms with Crippen LogP contribution < -0.4 is 5.32 Å². The number of hydrogen-bond acceptors (Lipinski definition) is 2. The molecule has 1 aromatic carbocycles. The number of benzene rings is 1. The second-order valence-corrected chi connectivity index (χ2v) is 5.78. The molecule has 7 heteroatoms. The molecule has 0 aliphatic carbocycles. The van der Waals surface area contributed by atoms with Crippen molar-refractivity contribution in [3.63, 3.8) is 0 Å². The molecule has 0 saturated carbocycles. The van der Waals surface area contributed by atoms with E-state index in [1.807, 2.05) is 0 Å². The van der Waals surface area contributed by atoms with Crippen LogP contribution in [0.5, 0.6) is 0 Å². The van der Waals surface area contributed by atoms with Crippen molar-refractivity contribution < 1.29 is 18.0 Å². The number of alkyl halides is 3. The van der Waals surface area contributed by atoms with Crippen molar-refractivity contribution in [2.24, 2.45) is 5.92 Å². The van der Waals surface area contributed by atoms with E-state index in [2.05, 4.69) is 5.32 Å². The van der Waals surface area contributed by atoms with Gasteiger partial charge in [-0.15, -0.1) is 0 Å². The van der Waals surface area contributed by atoms with Gasteiger partial charge in [0.15, 0.2) is 10.9 Å². The maximum absolute atomic E-state index is 12.8. The lowest BCUT2D eigenvalue weighted by atomic mass is 9.98. The van der Waals surface area contributed by atoms with Crippen molar-refractivity contribution in [3.8, 4) is 0 Å². The Morgan fingerprint density at radius 1 is 1.32 bits per heavy atom. The summed E-state index contributed by atoms with van der Waals surface area (Å²) in [5.74, 6) is -1.38. The second-order valence-electron chi connectivity index (χ2n) is 5.39. The Hall–Kier alpha value is -1.63. The van der Waals surface area contributed by atoms with E-state index in [0.717, 1.165) is 0 Å². The van der Waals surface area contributed by atoms with Gasteiger partial charge in [-0.1, -0.05) is 0 Å². The summed E-state index contributed by atoms with van der Waals surface area (Å²) >= 11 is 5.20. The first-order chi connectivity index (χ1) is 10.3. The minimum absolute atomic E-state index is 0.0434. The molecule has 120 valence electrons. The van der Waals surface area contributed by atoms with Gasteiger partial charge < -0.3 is 10.2 Å². The number of anilines is 1. The molecule has 0 radical (unpaired) electrons. The van der Waals surface area contributed by atoms with Gasteiger partial charge in [0.25, 0.3) is 0 Å². The number of rotatable bonds is 2. The van der Waals surface area contributed by atoms with Crippen LogP contribution in [-0.2, 0) is 0 Å². The molecule has 2 rings (SSSR count). The van der Waals surface area contributed by atoms with E-state index in [0.29, 0.717) is 24.2 Å². The molecule has 1 saturated heterocycles. The summed E-state index contributed by atoms with van der Waals surface area (Å²) in [5.41, 5.74) is 1.23. The standard InChI is InChI=1S/C15H17F3N2OS/c1-10(21)11-4-6-13(7-5-11)19-14(22)20-8-2-3-12(9-20)15(16,17)18/h4-7,12H,2-3,8-9H2,1H3,(H,19,22)/t12-/m0/s1. The van der Waals surface area contributed by atoms with Gasteiger partial charge >= 0.3 is 6.18 Å². The normalized spacial score (nSPS) is 18.9. The fourth-order valence-electron chi connectivity index (χ4n) is 2.42. The van der Waals surface area contributed by atoms with Crippen LogP contribution in [0, 0.1) is 5.92 Å². The van der Waals surface area contributed by atoms with Crippen LogP contribution in [0.2, 0.25) is 0 Å². The third-order valence-electron chi connectivity index (χ3n) is 3.71. The van der Waals surface area contributed by atoms with Crippen LogP contribution >= 0.6 is 12.2 Å². The number of hydrogen-bond donors (Lipinski definition) is 1. The number of thiocarbonyl (C=S) groups is 1. The number of nitrogens with zero attached hydrogens (tertiary/aromatic N) is 1. The number of piperidine rings is 1. The molecule has 0 unspecified atom stereocenters. The average Bonchev–Trinajstić information content (AvgIpc) is 2.47. The largest absolute Gasteiger partial charge is 0.393 e. The lowest BCUT2D eigenvalue weighted by molar-refractivity contribution is -0.183. The van der Waals surface area contributed by atoms with E-state index >= 15 is 0 Å². The third-order valence-corrected chi connectivity index (χ3v) is 4.07. The third kappa shape index (κ3) is 4.19. The molecular formula is C15H17F3N2OS. The Morgan fingerprint density at radius 2 is 1.95 bits per heavy atom. The Balaban J connectivity index is 1.98. The number of nitrogens with one attached hydrogen (secondary N) is 1. The Bertz CT molecular complexity index is 557. The molecular weight excluding hydrogens is 313 g/mol. The molecule has 22 heavy (non-hydrogen) atoms. The molecule has 0 bridgehead atoms. The molecule has 1 N–H and O–H groups in total. The highest BCUT2D eigenvalue weighted by molar-refractivity contribution is 7.80. The number of likely N-dealkylation sites (tertiary alicyclic amines) is 1. The number of halogens is 3. The smallest absolute Gasteiger partial charge is 0.348 e. The van der Waals surface area contributed by atoms with Crippen molar-refractivity contribution in [3.05, 3.63) is 29.8 Å². The van der Waals surface area contributed by atoms with Crippen molar-refractivity contribution in [2.75, 3.05) is 18.4 Å². The molecule has 0 amide bonds. The quantitative estimate of drug-likeness (QED) is 0.659. The van der Waals surface area contributed by atoms with Crippen LogP contribution in [0.4, 0.5) is 18.9 Å². The molecule has 1 heterocycles. The monoisotopic (exact) mass is 330 g/mol. The molecule has 1 fully saturated rings.